The SMILES string of the molecule is CCCCCCCCC1=C(c2cc(CCCC)c(CCCC)c(CCCC)c2)[N+](=[N-])C(c2cc(CCCCCC)c(CCCCCC)c(CCCCCC)c2)=C1CCCCCCCC.C[CH2][Ni][CH2]C. The zero-order chi connectivity index (χ0) is 50.3. The molecule has 2 nitrogen and oxygen atoms in total. The van der Waals surface area contributed by atoms with Crippen LogP contribution in [0.15, 0.2) is 35.4 Å². The minimum atomic E-state index is 1.06. The molecule has 0 bridgehead atoms. The number of hydrogen-bond donors (Lipinski definition) is 0. The van der Waals surface area contributed by atoms with Gasteiger partial charge in [0.1, 0.15) is 0 Å². The zero-order valence-electron chi connectivity index (χ0n) is 47.8. The Morgan fingerprint density at radius 2 is 0.551 bits per heavy atom. The maximum atomic E-state index is 13.2. The van der Waals surface area contributed by atoms with Crippen molar-refractivity contribution in [3.63, 3.8) is 0 Å². The number of hydrogen-bond acceptors (Lipinski definition) is 0. The van der Waals surface area contributed by atoms with E-state index >= 15 is 0 Å². The molecule has 2 aromatic carbocycles. The predicted octanol–water partition coefficient (Wildman–Crippen LogP) is 22.7. The predicted molar refractivity (Wildman–Crippen MR) is 307 cm³/mol. The summed E-state index contributed by atoms with van der Waals surface area (Å²) in [6.07, 6.45) is 47.6. The number of aryl methyl sites for hydroxylation is 4. The Morgan fingerprint density at radius 3 is 0.870 bits per heavy atom. The van der Waals surface area contributed by atoms with Crippen molar-refractivity contribution in [1.29, 1.82) is 0 Å². The monoisotopic (exact) mass is 993 g/mol. The van der Waals surface area contributed by atoms with Crippen LogP contribution >= 0.6 is 0 Å². The van der Waals surface area contributed by atoms with Gasteiger partial charge in [-0.2, -0.15) is 0 Å². The molecule has 0 radical (unpaired) electrons. The summed E-state index contributed by atoms with van der Waals surface area (Å²) >= 11 is 1.82. The van der Waals surface area contributed by atoms with Crippen LogP contribution in [-0.4, -0.2) is 4.70 Å². The first kappa shape index (κ1) is 63.1. The van der Waals surface area contributed by atoms with Crippen molar-refractivity contribution in [2.75, 3.05) is 0 Å². The molecule has 398 valence electrons. The van der Waals surface area contributed by atoms with Gasteiger partial charge in [-0.3, -0.25) is 0 Å². The van der Waals surface area contributed by atoms with Crippen LogP contribution in [0.5, 0.6) is 0 Å². The summed E-state index contributed by atoms with van der Waals surface area (Å²) < 4.78 is 1.78. The molecule has 0 N–H and O–H groups in total. The summed E-state index contributed by atoms with van der Waals surface area (Å²) in [5, 5.41) is 2.56. The molecule has 1 aliphatic heterocycles. The molecule has 0 saturated heterocycles. The van der Waals surface area contributed by atoms with Crippen LogP contribution in [0.1, 0.15) is 319 Å². The normalized spacial score (nSPS) is 12.8. The van der Waals surface area contributed by atoms with Crippen LogP contribution < -0.4 is 0 Å². The Morgan fingerprint density at radius 1 is 0.304 bits per heavy atom. The van der Waals surface area contributed by atoms with E-state index in [1.807, 2.05) is 14.4 Å². The molecule has 0 amide bonds. The third-order valence-corrected chi connectivity index (χ3v) is 15.9. The van der Waals surface area contributed by atoms with Crippen LogP contribution in [0.25, 0.3) is 16.9 Å². The molecule has 3 heteroatoms. The van der Waals surface area contributed by atoms with Crippen molar-refractivity contribution in [3.8, 4) is 0 Å². The van der Waals surface area contributed by atoms with Crippen molar-refractivity contribution < 1.29 is 19.1 Å². The Bertz CT molecular complexity index is 1630. The first-order chi connectivity index (χ1) is 33.8. The van der Waals surface area contributed by atoms with Gasteiger partial charge in [-0.25, -0.2) is 4.70 Å². The van der Waals surface area contributed by atoms with Gasteiger partial charge in [0.2, 0.25) is 11.4 Å². The fourth-order valence-electron chi connectivity index (χ4n) is 10.8. The number of benzene rings is 2. The number of rotatable bonds is 42. The first-order valence-corrected chi connectivity index (χ1v) is 32.0. The van der Waals surface area contributed by atoms with Crippen LogP contribution in [0.4, 0.5) is 0 Å². The van der Waals surface area contributed by atoms with E-state index in [0.29, 0.717) is 0 Å². The Hall–Kier alpha value is -1.99. The second-order valence-corrected chi connectivity index (χ2v) is 22.8. The van der Waals surface area contributed by atoms with Gasteiger partial charge in [0, 0.05) is 22.3 Å². The first-order valence-electron chi connectivity index (χ1n) is 30.6. The zero-order valence-corrected chi connectivity index (χ0v) is 48.8. The molecule has 0 spiro atoms. The maximum absolute atomic E-state index is 13.2. The summed E-state index contributed by atoms with van der Waals surface area (Å²) in [5.41, 5.74) is 30.6. The molecule has 1 heterocycles. The number of nitrogens with zero attached hydrogens (tertiary/aromatic N) is 2. The summed E-state index contributed by atoms with van der Waals surface area (Å²) in [6, 6.07) is 10.3. The molecule has 0 saturated carbocycles. The number of unbranched alkanes of at least 4 members (excludes halogenated alkanes) is 22. The Labute approximate surface area is 437 Å². The van der Waals surface area contributed by atoms with Gasteiger partial charge in [0.15, 0.2) is 0 Å². The van der Waals surface area contributed by atoms with Crippen molar-refractivity contribution in [2.24, 2.45) is 0 Å². The van der Waals surface area contributed by atoms with Gasteiger partial charge in [-0.05, 0) is 160 Å². The quantitative estimate of drug-likeness (QED) is 0.0360. The van der Waals surface area contributed by atoms with Crippen molar-refractivity contribution in [3.05, 3.63) is 85.5 Å². The summed E-state index contributed by atoms with van der Waals surface area (Å²) in [6.45, 7) is 23.1. The fraction of sp³-hybridized carbons (Fsp3) is 0.758. The van der Waals surface area contributed by atoms with E-state index in [4.69, 9.17) is 0 Å². The summed E-state index contributed by atoms with van der Waals surface area (Å²) in [4.78, 5) is 0. The van der Waals surface area contributed by atoms with Crippen LogP contribution in [0.3, 0.4) is 0 Å². The Balaban J connectivity index is 0.00000309. The average molecular weight is 994 g/mol. The number of allylic oxidation sites excluding steroid dienone is 2. The van der Waals surface area contributed by atoms with Crippen LogP contribution in [-0.2, 0) is 53.0 Å². The molecule has 1 aliphatic rings. The molecule has 69 heavy (non-hydrogen) atoms. The fourth-order valence-corrected chi connectivity index (χ4v) is 11.3. The van der Waals surface area contributed by atoms with Crippen molar-refractivity contribution >= 4 is 11.4 Å². The van der Waals surface area contributed by atoms with Gasteiger partial charge < -0.3 is 5.53 Å². The average Bonchev–Trinajstić information content (AvgIpc) is 3.63. The van der Waals surface area contributed by atoms with E-state index in [1.165, 1.54) is 239 Å². The van der Waals surface area contributed by atoms with Gasteiger partial charge in [-0.1, -0.05) is 197 Å². The van der Waals surface area contributed by atoms with Gasteiger partial charge in [0.05, 0.1) is 0 Å². The van der Waals surface area contributed by atoms with Gasteiger partial charge >= 0.3 is 39.1 Å². The molecule has 0 fully saturated rings. The molecule has 0 unspecified atom stereocenters. The summed E-state index contributed by atoms with van der Waals surface area (Å²) in [7, 11) is 0. The van der Waals surface area contributed by atoms with Crippen molar-refractivity contribution in [2.45, 2.75) is 324 Å². The topological polar surface area (TPSA) is 25.3 Å². The van der Waals surface area contributed by atoms with E-state index in [0.717, 1.165) is 49.9 Å². The van der Waals surface area contributed by atoms with E-state index in [-0.39, 0.29) is 0 Å². The Kier molecular flexibility index (Phi) is 38.0. The molecule has 0 atom stereocenters. The molecule has 0 aliphatic carbocycles. The standard InChI is InChI=1S/C62H104N2.2C2H5.Ni/c1-9-17-25-30-32-37-45-59-60(46-38-33-31-26-18-10-2)62(64(63)61(59)55-47-51(39-22-14-6)57(43-24-16-8)52(48-55)40-23-15-7)56-49-53(41-34-27-19-11-3)58(44-36-29-21-13-5)54(50-56)42-35-28-20-12-4;2*1-2;/h47-50H,9-46H2,1-8H3;2*1H2,2H3;. The van der Waals surface area contributed by atoms with Crippen molar-refractivity contribution in [1.82, 2.24) is 0 Å². The van der Waals surface area contributed by atoms with Crippen LogP contribution in [0, 0.1) is 0 Å². The molecule has 0 aromatic heterocycles. The summed E-state index contributed by atoms with van der Waals surface area (Å²) in [5.74, 6) is 0. The minimum absolute atomic E-state index is 1.06. The molecular formula is C66H114N2Ni. The van der Waals surface area contributed by atoms with Crippen LogP contribution in [0.2, 0.25) is 10.8 Å². The van der Waals surface area contributed by atoms with Gasteiger partial charge in [0.25, 0.3) is 0 Å². The second-order valence-electron chi connectivity index (χ2n) is 20.9. The van der Waals surface area contributed by atoms with E-state index < -0.39 is 0 Å². The molecule has 2 aromatic rings. The molecule has 3 rings (SSSR count). The van der Waals surface area contributed by atoms with E-state index in [1.54, 1.807) is 38.1 Å². The van der Waals surface area contributed by atoms with E-state index in [2.05, 4.69) is 93.5 Å². The third-order valence-electron chi connectivity index (χ3n) is 14.9. The third kappa shape index (κ3) is 24.1. The van der Waals surface area contributed by atoms with E-state index in [9.17, 15) is 5.53 Å². The van der Waals surface area contributed by atoms with Gasteiger partial charge in [-0.15, -0.1) is 0 Å². The molecular weight excluding hydrogens is 879 g/mol. The second kappa shape index (κ2) is 41.5.